The molecule has 17 nitrogen and oxygen atoms in total. The van der Waals surface area contributed by atoms with E-state index in [2.05, 4.69) is 26.1 Å². The third-order valence-corrected chi connectivity index (χ3v) is 14.0. The molecule has 0 aliphatic heterocycles. The van der Waals surface area contributed by atoms with Crippen molar-refractivity contribution < 1.29 is 64.5 Å². The maximum atomic E-state index is 13.6. The van der Waals surface area contributed by atoms with Crippen LogP contribution in [0.15, 0.2) is 0 Å². The van der Waals surface area contributed by atoms with E-state index in [1.54, 1.807) is 4.90 Å². The predicted octanol–water partition coefficient (Wildman–Crippen LogP) is 0.817. The Hall–Kier alpha value is -3.38. The summed E-state index contributed by atoms with van der Waals surface area (Å²) in [5.74, 6) is -5.44. The fourth-order valence-corrected chi connectivity index (χ4v) is 11.3. The van der Waals surface area contributed by atoms with E-state index >= 15 is 0 Å². The minimum Gasteiger partial charge on any atom is -0.481 e. The molecule has 8 N–H and O–H groups in total. The van der Waals surface area contributed by atoms with Gasteiger partial charge in [0, 0.05) is 38.6 Å². The number of hydrogen-bond donors (Lipinski definition) is 8. The van der Waals surface area contributed by atoms with Crippen molar-refractivity contribution in [1.29, 1.82) is 0 Å². The van der Waals surface area contributed by atoms with Crippen molar-refractivity contribution in [2.24, 2.45) is 46.3 Å². The maximum absolute atomic E-state index is 13.6. The molecule has 55 heavy (non-hydrogen) atoms. The number of carboxylic acids is 5. The highest BCUT2D eigenvalue weighted by molar-refractivity contribution is 5.78. The van der Waals surface area contributed by atoms with Crippen LogP contribution in [-0.4, -0.2) is 163 Å². The molecule has 0 bridgehead atoms. The zero-order valence-electron chi connectivity index (χ0n) is 32.3. The van der Waals surface area contributed by atoms with Crippen LogP contribution in [-0.2, 0) is 28.8 Å². The summed E-state index contributed by atoms with van der Waals surface area (Å²) in [7, 11) is 0. The summed E-state index contributed by atoms with van der Waals surface area (Å²) in [6.07, 6.45) is 4.52. The van der Waals surface area contributed by atoms with E-state index in [9.17, 15) is 64.5 Å². The highest BCUT2D eigenvalue weighted by Crippen LogP contribution is 2.68. The van der Waals surface area contributed by atoms with Crippen molar-refractivity contribution in [3.63, 3.8) is 0 Å². The van der Waals surface area contributed by atoms with Gasteiger partial charge in [0.1, 0.15) is 0 Å². The first-order chi connectivity index (χ1) is 25.7. The topological polar surface area (TPSA) is 266 Å². The molecule has 4 fully saturated rings. The molecule has 5 unspecified atom stereocenters. The van der Waals surface area contributed by atoms with E-state index in [1.165, 1.54) is 9.80 Å². The number of rotatable bonds is 21. The molecule has 4 rings (SSSR count). The maximum Gasteiger partial charge on any atom is 0.317 e. The van der Waals surface area contributed by atoms with Gasteiger partial charge in [0.15, 0.2) is 0 Å². The summed E-state index contributed by atoms with van der Waals surface area (Å²) in [6.45, 7) is 4.21. The molecule has 0 aromatic carbocycles. The van der Waals surface area contributed by atoms with Crippen molar-refractivity contribution in [3.8, 4) is 0 Å². The zero-order chi connectivity index (χ0) is 40.8. The molecule has 0 aromatic rings. The average Bonchev–Trinajstić information content (AvgIpc) is 3.43. The van der Waals surface area contributed by atoms with Gasteiger partial charge >= 0.3 is 29.8 Å². The average molecular weight is 783 g/mol. The first kappa shape index (κ1) is 44.3. The number of aliphatic hydroxyl groups is 2. The zero-order valence-corrected chi connectivity index (χ0v) is 32.3. The lowest BCUT2D eigenvalue weighted by Crippen LogP contribution is -2.63. The van der Waals surface area contributed by atoms with E-state index in [0.29, 0.717) is 32.1 Å². The number of fused-ring (bicyclic) bond motifs is 5. The molecule has 0 radical (unpaired) electrons. The van der Waals surface area contributed by atoms with Crippen LogP contribution in [0.2, 0.25) is 0 Å². The molecular weight excluding hydrogens is 720 g/mol. The molecule has 0 aromatic heterocycles. The van der Waals surface area contributed by atoms with Gasteiger partial charge in [-0.3, -0.25) is 43.5 Å². The second kappa shape index (κ2) is 18.7. The fourth-order valence-electron chi connectivity index (χ4n) is 11.3. The van der Waals surface area contributed by atoms with E-state index in [4.69, 9.17) is 0 Å². The summed E-state index contributed by atoms with van der Waals surface area (Å²) < 4.78 is 0. The number of carboxylic acid groups (broad SMARTS) is 5. The summed E-state index contributed by atoms with van der Waals surface area (Å²) in [6, 6.07) is -0.202. The monoisotopic (exact) mass is 782 g/mol. The number of hydrogen-bond acceptors (Lipinski definition) is 11. The first-order valence-corrected chi connectivity index (χ1v) is 19.7. The highest BCUT2D eigenvalue weighted by Gasteiger charge is 2.65. The second-order valence-electron chi connectivity index (χ2n) is 17.3. The minimum atomic E-state index is -1.23. The Balaban J connectivity index is 1.42. The number of nitrogens with one attached hydrogen (secondary N) is 1. The lowest BCUT2D eigenvalue weighted by atomic mass is 9.43. The van der Waals surface area contributed by atoms with Gasteiger partial charge in [-0.15, -0.1) is 0 Å². The normalized spacial score (nSPS) is 33.4. The Morgan fingerprint density at radius 1 is 0.673 bits per heavy atom. The van der Waals surface area contributed by atoms with E-state index < -0.39 is 73.6 Å². The van der Waals surface area contributed by atoms with Crippen molar-refractivity contribution in [1.82, 2.24) is 20.0 Å². The number of carbonyl (C=O) groups excluding carboxylic acids is 1. The molecule has 1 amide bonds. The van der Waals surface area contributed by atoms with Crippen LogP contribution in [0.3, 0.4) is 0 Å². The van der Waals surface area contributed by atoms with E-state index in [1.807, 2.05) is 0 Å². The largest absolute Gasteiger partial charge is 0.481 e. The van der Waals surface area contributed by atoms with Gasteiger partial charge in [-0.1, -0.05) is 20.8 Å². The van der Waals surface area contributed by atoms with Gasteiger partial charge in [0.25, 0.3) is 0 Å². The quantitative estimate of drug-likeness (QED) is 0.0801. The summed E-state index contributed by atoms with van der Waals surface area (Å²) in [5.41, 5.74) is -0.571. The SMILES string of the molecule is CC(CCC(=O)O)[C@H]1CCC2C3C(C[C@H](O)[C@@]21C)[C@@]1(C)CC[C@H](NC(=O)CN(CCN(CC(=O)O)CC(=O)O)CCN(CC(=O)O)CC(=O)O)CC1C[C@H]3O. The predicted molar refractivity (Wildman–Crippen MR) is 196 cm³/mol. The lowest BCUT2D eigenvalue weighted by molar-refractivity contribution is -0.202. The van der Waals surface area contributed by atoms with Crippen molar-refractivity contribution >= 4 is 35.8 Å². The minimum absolute atomic E-state index is 0.0228. The first-order valence-electron chi connectivity index (χ1n) is 19.7. The Labute approximate surface area is 322 Å². The van der Waals surface area contributed by atoms with Gasteiger partial charge in [-0.05, 0) is 97.7 Å². The van der Waals surface area contributed by atoms with Gasteiger partial charge in [-0.25, -0.2) is 0 Å². The molecule has 4 aliphatic carbocycles. The number of amides is 1. The van der Waals surface area contributed by atoms with Gasteiger partial charge in [0.05, 0.1) is 44.9 Å². The van der Waals surface area contributed by atoms with Crippen LogP contribution in [0.1, 0.15) is 78.6 Å². The molecule has 312 valence electrons. The molecule has 17 heteroatoms. The summed E-state index contributed by atoms with van der Waals surface area (Å²) in [4.78, 5) is 74.3. The third kappa shape index (κ3) is 10.9. The van der Waals surface area contributed by atoms with Crippen LogP contribution in [0.25, 0.3) is 0 Å². The molecule has 11 atom stereocenters. The van der Waals surface area contributed by atoms with Gasteiger partial charge < -0.3 is 41.1 Å². The Morgan fingerprint density at radius 3 is 1.71 bits per heavy atom. The fraction of sp³-hybridized carbons (Fsp3) is 0.842. The van der Waals surface area contributed by atoms with Crippen LogP contribution >= 0.6 is 0 Å². The van der Waals surface area contributed by atoms with Crippen LogP contribution in [0, 0.1) is 46.3 Å². The van der Waals surface area contributed by atoms with Crippen LogP contribution in [0.4, 0.5) is 0 Å². The highest BCUT2D eigenvalue weighted by atomic mass is 16.4. The standard InChI is InChI=1S/C38H62N4O13/c1-22(4-7-31(46)47)25-5-6-26-36-27(16-29(44)38(25,26)3)37(2)9-8-24(14-23(37)15-28(36)43)39-30(45)17-40(10-12-41(18-32(48)49)19-33(50)51)11-13-42(20-34(52)53)21-35(54)55/h22-29,36,43-44H,4-21H2,1-3H3,(H,39,45)(H,46,47)(H,48,49)(H,50,51)(H,52,53)(H,54,55)/t22?,23?,24-,25+,26?,27?,28+,29-,36?,37-,38+/m0/s1. The number of carbonyl (C=O) groups is 6. The van der Waals surface area contributed by atoms with Crippen molar-refractivity contribution in [2.75, 3.05) is 58.9 Å². The van der Waals surface area contributed by atoms with E-state index in [0.717, 1.165) is 19.3 Å². The molecule has 0 saturated heterocycles. The second-order valence-corrected chi connectivity index (χ2v) is 17.3. The Kier molecular flexibility index (Phi) is 15.1. The number of aliphatic hydroxyl groups excluding tert-OH is 2. The molecule has 4 saturated carbocycles. The third-order valence-electron chi connectivity index (χ3n) is 14.0. The van der Waals surface area contributed by atoms with Crippen LogP contribution < -0.4 is 5.32 Å². The van der Waals surface area contributed by atoms with Gasteiger partial charge in [0.2, 0.25) is 5.91 Å². The number of aliphatic carboxylic acids is 5. The van der Waals surface area contributed by atoms with Gasteiger partial charge in [-0.2, -0.15) is 0 Å². The summed E-state index contributed by atoms with van der Waals surface area (Å²) >= 11 is 0. The molecular formula is C38H62N4O13. The Morgan fingerprint density at radius 2 is 1.20 bits per heavy atom. The van der Waals surface area contributed by atoms with Crippen LogP contribution in [0.5, 0.6) is 0 Å². The lowest BCUT2D eigenvalue weighted by Gasteiger charge is -2.63. The molecule has 0 spiro atoms. The van der Waals surface area contributed by atoms with Crippen molar-refractivity contribution in [2.45, 2.75) is 96.8 Å². The summed E-state index contributed by atoms with van der Waals surface area (Å²) in [5, 5.41) is 73.2. The molecule has 4 aliphatic rings. The Bertz CT molecular complexity index is 1340. The number of nitrogens with zero attached hydrogens (tertiary/aromatic N) is 3. The molecule has 0 heterocycles. The van der Waals surface area contributed by atoms with E-state index in [-0.39, 0.29) is 92.0 Å². The van der Waals surface area contributed by atoms with Crippen molar-refractivity contribution in [3.05, 3.63) is 0 Å². The smallest absolute Gasteiger partial charge is 0.317 e.